The van der Waals surface area contributed by atoms with Gasteiger partial charge < -0.3 is 0 Å². The summed E-state index contributed by atoms with van der Waals surface area (Å²) in [6, 6.07) is 4.99. The van der Waals surface area contributed by atoms with Crippen molar-refractivity contribution >= 4 is 31.8 Å². The number of aryl methyl sites for hydroxylation is 1. The van der Waals surface area contributed by atoms with Crippen LogP contribution in [0.15, 0.2) is 16.6 Å². The second kappa shape index (κ2) is 5.47. The lowest BCUT2D eigenvalue weighted by Crippen LogP contribution is -2.26. The quantitative estimate of drug-likeness (QED) is 0.922. The first kappa shape index (κ1) is 13.9. The molecule has 5 nitrogen and oxygen atoms in total. The van der Waals surface area contributed by atoms with Crippen molar-refractivity contribution in [2.45, 2.75) is 25.5 Å². The second-order valence-electron chi connectivity index (χ2n) is 3.44. The monoisotopic (exact) mass is 317 g/mol. The third kappa shape index (κ3) is 3.41. The highest BCUT2D eigenvalue weighted by molar-refractivity contribution is 9.10. The van der Waals surface area contributed by atoms with E-state index in [0.29, 0.717) is 5.69 Å². The number of aromatic nitrogens is 1. The predicted molar refractivity (Wildman–Crippen MR) is 68.9 cm³/mol. The molecule has 0 saturated heterocycles. The molecule has 0 radical (unpaired) electrons. The molecule has 0 aliphatic carbocycles. The second-order valence-corrected chi connectivity index (χ2v) is 6.15. The Labute approximate surface area is 109 Å². The van der Waals surface area contributed by atoms with Crippen LogP contribution in [-0.2, 0) is 10.0 Å². The first-order valence-corrected chi connectivity index (χ1v) is 7.29. The molecule has 1 aromatic rings. The van der Waals surface area contributed by atoms with Gasteiger partial charge >= 0.3 is 0 Å². The van der Waals surface area contributed by atoms with Crippen molar-refractivity contribution < 1.29 is 8.42 Å². The largest absolute Gasteiger partial charge is 0.266 e. The van der Waals surface area contributed by atoms with Gasteiger partial charge in [-0.3, -0.25) is 4.72 Å². The molecule has 0 aliphatic heterocycles. The van der Waals surface area contributed by atoms with E-state index in [2.05, 4.69) is 25.6 Å². The minimum atomic E-state index is -3.69. The number of nitrogens with zero attached hydrogens (tertiary/aromatic N) is 2. The molecule has 1 atom stereocenters. The zero-order valence-electron chi connectivity index (χ0n) is 9.44. The van der Waals surface area contributed by atoms with Crippen molar-refractivity contribution in [1.82, 2.24) is 4.98 Å². The summed E-state index contributed by atoms with van der Waals surface area (Å²) in [6.07, 6.45) is 0.237. The summed E-state index contributed by atoms with van der Waals surface area (Å²) in [6.45, 7) is 3.40. The van der Waals surface area contributed by atoms with Gasteiger partial charge in [0.15, 0.2) is 5.25 Å². The number of pyridine rings is 1. The van der Waals surface area contributed by atoms with Crippen molar-refractivity contribution in [3.8, 4) is 6.07 Å². The number of anilines is 1. The summed E-state index contributed by atoms with van der Waals surface area (Å²) in [7, 11) is -3.69. The summed E-state index contributed by atoms with van der Waals surface area (Å²) in [5, 5.41) is 7.68. The Hall–Kier alpha value is -1.13. The van der Waals surface area contributed by atoms with E-state index in [-0.39, 0.29) is 12.2 Å². The van der Waals surface area contributed by atoms with E-state index >= 15 is 0 Å². The Morgan fingerprint density at radius 1 is 1.59 bits per heavy atom. The van der Waals surface area contributed by atoms with Gasteiger partial charge in [0.25, 0.3) is 0 Å². The highest BCUT2D eigenvalue weighted by Gasteiger charge is 2.23. The SMILES string of the molecule is CCC(C#N)S(=O)(=O)Nc1ccc(Br)c(C)n1. The van der Waals surface area contributed by atoms with Crippen LogP contribution in [0.4, 0.5) is 5.82 Å². The molecule has 1 rings (SSSR count). The lowest BCUT2D eigenvalue weighted by atomic mass is 10.4. The van der Waals surface area contributed by atoms with Crippen molar-refractivity contribution in [3.63, 3.8) is 0 Å². The van der Waals surface area contributed by atoms with Crippen LogP contribution in [0.25, 0.3) is 0 Å². The van der Waals surface area contributed by atoms with Gasteiger partial charge in [0.2, 0.25) is 10.0 Å². The number of hydrogen-bond acceptors (Lipinski definition) is 4. The zero-order valence-corrected chi connectivity index (χ0v) is 11.8. The number of rotatable bonds is 4. The van der Waals surface area contributed by atoms with Crippen LogP contribution in [0.3, 0.4) is 0 Å². The molecular weight excluding hydrogens is 306 g/mol. The van der Waals surface area contributed by atoms with E-state index in [1.165, 1.54) is 0 Å². The minimum absolute atomic E-state index is 0.222. The van der Waals surface area contributed by atoms with E-state index in [9.17, 15) is 8.42 Å². The first-order valence-electron chi connectivity index (χ1n) is 4.95. The average molecular weight is 318 g/mol. The molecule has 0 spiro atoms. The van der Waals surface area contributed by atoms with Crippen molar-refractivity contribution in [3.05, 3.63) is 22.3 Å². The Morgan fingerprint density at radius 3 is 2.71 bits per heavy atom. The number of hydrogen-bond donors (Lipinski definition) is 1. The van der Waals surface area contributed by atoms with Gasteiger partial charge in [0, 0.05) is 4.47 Å². The lowest BCUT2D eigenvalue weighted by Gasteiger charge is -2.11. The highest BCUT2D eigenvalue weighted by Crippen LogP contribution is 2.18. The fourth-order valence-electron chi connectivity index (χ4n) is 1.20. The Morgan fingerprint density at radius 2 is 2.24 bits per heavy atom. The van der Waals surface area contributed by atoms with E-state index in [0.717, 1.165) is 4.47 Å². The predicted octanol–water partition coefficient (Wildman–Crippen LogP) is 2.20. The third-order valence-corrected chi connectivity index (χ3v) is 4.68. The van der Waals surface area contributed by atoms with Gasteiger partial charge in [-0.2, -0.15) is 5.26 Å². The summed E-state index contributed by atoms with van der Waals surface area (Å²) >= 11 is 3.27. The molecule has 0 bridgehead atoms. The molecular formula is C10H12BrN3O2S. The van der Waals surface area contributed by atoms with Gasteiger partial charge in [-0.05, 0) is 41.4 Å². The molecule has 1 unspecified atom stereocenters. The number of halogens is 1. The summed E-state index contributed by atoms with van der Waals surface area (Å²) < 4.78 is 26.7. The molecule has 0 amide bonds. The van der Waals surface area contributed by atoms with Gasteiger partial charge in [0.1, 0.15) is 5.82 Å². The minimum Gasteiger partial charge on any atom is -0.266 e. The standard InChI is InChI=1S/C10H12BrN3O2S/c1-3-8(6-12)17(15,16)14-10-5-4-9(11)7(2)13-10/h4-5,8H,3H2,1-2H3,(H,13,14). The van der Waals surface area contributed by atoms with E-state index in [1.54, 1.807) is 32.0 Å². The number of nitriles is 1. The Balaban J connectivity index is 2.99. The highest BCUT2D eigenvalue weighted by atomic mass is 79.9. The van der Waals surface area contributed by atoms with Crippen LogP contribution < -0.4 is 4.72 Å². The molecule has 1 N–H and O–H groups in total. The molecule has 1 aromatic heterocycles. The lowest BCUT2D eigenvalue weighted by molar-refractivity contribution is 0.592. The number of sulfonamides is 1. The molecule has 92 valence electrons. The fourth-order valence-corrected chi connectivity index (χ4v) is 2.54. The maximum Gasteiger partial charge on any atom is 0.250 e. The molecule has 1 heterocycles. The molecule has 0 aromatic carbocycles. The van der Waals surface area contributed by atoms with Gasteiger partial charge in [-0.1, -0.05) is 6.92 Å². The summed E-state index contributed by atoms with van der Waals surface area (Å²) in [4.78, 5) is 4.06. The Kier molecular flexibility index (Phi) is 4.48. The normalized spacial score (nSPS) is 12.8. The van der Waals surface area contributed by atoms with Crippen LogP contribution in [0.2, 0.25) is 0 Å². The maximum absolute atomic E-state index is 11.8. The fraction of sp³-hybridized carbons (Fsp3) is 0.400. The molecule has 0 fully saturated rings. The summed E-state index contributed by atoms with van der Waals surface area (Å²) in [5.74, 6) is 0.222. The van der Waals surface area contributed by atoms with Crippen LogP contribution in [-0.4, -0.2) is 18.7 Å². The van der Waals surface area contributed by atoms with Crippen molar-refractivity contribution in [2.75, 3.05) is 4.72 Å². The van der Waals surface area contributed by atoms with Crippen molar-refractivity contribution in [2.24, 2.45) is 0 Å². The van der Waals surface area contributed by atoms with Gasteiger partial charge in [0.05, 0.1) is 11.8 Å². The molecule has 0 saturated carbocycles. The molecule has 0 aliphatic rings. The van der Waals surface area contributed by atoms with Crippen LogP contribution in [0.1, 0.15) is 19.0 Å². The van der Waals surface area contributed by atoms with Gasteiger partial charge in [-0.15, -0.1) is 0 Å². The van der Waals surface area contributed by atoms with E-state index in [1.807, 2.05) is 0 Å². The summed E-state index contributed by atoms with van der Waals surface area (Å²) in [5.41, 5.74) is 0.676. The zero-order chi connectivity index (χ0) is 13.1. The molecule has 17 heavy (non-hydrogen) atoms. The smallest absolute Gasteiger partial charge is 0.250 e. The maximum atomic E-state index is 11.8. The van der Waals surface area contributed by atoms with E-state index < -0.39 is 15.3 Å². The van der Waals surface area contributed by atoms with E-state index in [4.69, 9.17) is 5.26 Å². The van der Waals surface area contributed by atoms with Crippen LogP contribution >= 0.6 is 15.9 Å². The average Bonchev–Trinajstić information content (AvgIpc) is 2.24. The van der Waals surface area contributed by atoms with Crippen LogP contribution in [0.5, 0.6) is 0 Å². The number of nitrogens with one attached hydrogen (secondary N) is 1. The van der Waals surface area contributed by atoms with Crippen LogP contribution in [0, 0.1) is 18.3 Å². The Bertz CT molecular complexity index is 551. The van der Waals surface area contributed by atoms with Crippen molar-refractivity contribution in [1.29, 1.82) is 5.26 Å². The van der Waals surface area contributed by atoms with Gasteiger partial charge in [-0.25, -0.2) is 13.4 Å². The first-order chi connectivity index (χ1) is 7.90. The molecule has 7 heteroatoms. The third-order valence-electron chi connectivity index (χ3n) is 2.16. The topological polar surface area (TPSA) is 82.8 Å².